The van der Waals surface area contributed by atoms with Gasteiger partial charge in [0.05, 0.1) is 13.0 Å². The number of rotatable bonds is 2. The Morgan fingerprint density at radius 3 is 2.67 bits per heavy atom. The minimum Gasteiger partial charge on any atom is -0.465 e. The first-order valence-electron chi connectivity index (χ1n) is 4.83. The zero-order valence-corrected chi connectivity index (χ0v) is 8.15. The maximum atomic E-state index is 12.6. The smallest absolute Gasteiger partial charge is 0.306 e. The molecule has 1 aromatic carbocycles. The summed E-state index contributed by atoms with van der Waals surface area (Å²) in [4.78, 5) is 10.8. The Labute approximate surface area is 87.4 Å². The van der Waals surface area contributed by atoms with Crippen LogP contribution in [0.15, 0.2) is 30.3 Å². The zero-order valence-electron chi connectivity index (χ0n) is 8.15. The van der Waals surface area contributed by atoms with Crippen molar-refractivity contribution in [2.45, 2.75) is 6.42 Å². The SMILES string of the molecule is O=C1C[C@H](/C=C/c2ccc(F)cc2)CO1. The van der Waals surface area contributed by atoms with Gasteiger partial charge in [0, 0.05) is 5.92 Å². The van der Waals surface area contributed by atoms with Crippen LogP contribution >= 0.6 is 0 Å². The number of esters is 1. The van der Waals surface area contributed by atoms with E-state index in [-0.39, 0.29) is 17.7 Å². The van der Waals surface area contributed by atoms with E-state index in [9.17, 15) is 9.18 Å². The van der Waals surface area contributed by atoms with Gasteiger partial charge < -0.3 is 4.74 Å². The third-order valence-electron chi connectivity index (χ3n) is 2.32. The third kappa shape index (κ3) is 2.65. The summed E-state index contributed by atoms with van der Waals surface area (Å²) in [5, 5.41) is 0. The molecule has 78 valence electrons. The van der Waals surface area contributed by atoms with Gasteiger partial charge in [0.1, 0.15) is 5.82 Å². The summed E-state index contributed by atoms with van der Waals surface area (Å²) >= 11 is 0. The van der Waals surface area contributed by atoms with E-state index in [2.05, 4.69) is 0 Å². The number of halogens is 1. The minimum absolute atomic E-state index is 0.149. The lowest BCUT2D eigenvalue weighted by molar-refractivity contribution is -0.137. The largest absolute Gasteiger partial charge is 0.465 e. The molecule has 1 aromatic rings. The number of benzene rings is 1. The predicted molar refractivity (Wildman–Crippen MR) is 54.5 cm³/mol. The molecule has 0 N–H and O–H groups in total. The van der Waals surface area contributed by atoms with Crippen molar-refractivity contribution in [3.8, 4) is 0 Å². The molecule has 0 aliphatic carbocycles. The van der Waals surface area contributed by atoms with Gasteiger partial charge in [-0.05, 0) is 17.7 Å². The van der Waals surface area contributed by atoms with Crippen LogP contribution in [0, 0.1) is 11.7 Å². The summed E-state index contributed by atoms with van der Waals surface area (Å²) < 4.78 is 17.4. The number of carbonyl (C=O) groups is 1. The Kier molecular flexibility index (Phi) is 2.81. The molecule has 0 bridgehead atoms. The van der Waals surface area contributed by atoms with Crippen LogP contribution in [-0.4, -0.2) is 12.6 Å². The van der Waals surface area contributed by atoms with Gasteiger partial charge in [-0.1, -0.05) is 24.3 Å². The first-order chi connectivity index (χ1) is 7.24. The molecule has 3 heteroatoms. The third-order valence-corrected chi connectivity index (χ3v) is 2.32. The van der Waals surface area contributed by atoms with Gasteiger partial charge in [-0.2, -0.15) is 0 Å². The molecule has 1 fully saturated rings. The van der Waals surface area contributed by atoms with Crippen LogP contribution in [0.3, 0.4) is 0 Å². The molecule has 1 aliphatic heterocycles. The van der Waals surface area contributed by atoms with Crippen LogP contribution in [0.4, 0.5) is 4.39 Å². The van der Waals surface area contributed by atoms with Gasteiger partial charge in [0.25, 0.3) is 0 Å². The molecule has 15 heavy (non-hydrogen) atoms. The van der Waals surface area contributed by atoms with E-state index in [0.717, 1.165) is 5.56 Å². The van der Waals surface area contributed by atoms with E-state index in [1.165, 1.54) is 12.1 Å². The second-order valence-electron chi connectivity index (χ2n) is 3.56. The fraction of sp³-hybridized carbons (Fsp3) is 0.250. The van der Waals surface area contributed by atoms with Gasteiger partial charge in [-0.3, -0.25) is 4.79 Å². The summed E-state index contributed by atoms with van der Waals surface area (Å²) in [6.45, 7) is 0.455. The molecule has 1 aliphatic rings. The van der Waals surface area contributed by atoms with E-state index in [1.54, 1.807) is 12.1 Å². The molecular formula is C12H11FO2. The lowest BCUT2D eigenvalue weighted by atomic mass is 10.1. The lowest BCUT2D eigenvalue weighted by Gasteiger charge is -1.97. The molecule has 0 spiro atoms. The van der Waals surface area contributed by atoms with Crippen LogP contribution in [0.5, 0.6) is 0 Å². The number of hydrogen-bond acceptors (Lipinski definition) is 2. The lowest BCUT2D eigenvalue weighted by Crippen LogP contribution is -1.92. The average Bonchev–Trinajstić information content (AvgIpc) is 2.64. The average molecular weight is 206 g/mol. The van der Waals surface area contributed by atoms with E-state index < -0.39 is 0 Å². The van der Waals surface area contributed by atoms with E-state index in [4.69, 9.17) is 4.74 Å². The minimum atomic E-state index is -0.244. The molecule has 1 atom stereocenters. The van der Waals surface area contributed by atoms with Crippen molar-refractivity contribution in [2.24, 2.45) is 5.92 Å². The van der Waals surface area contributed by atoms with Gasteiger partial charge in [0.2, 0.25) is 0 Å². The van der Waals surface area contributed by atoms with E-state index >= 15 is 0 Å². The van der Waals surface area contributed by atoms with Crippen LogP contribution in [0.1, 0.15) is 12.0 Å². The molecule has 0 aromatic heterocycles. The van der Waals surface area contributed by atoms with E-state index in [0.29, 0.717) is 13.0 Å². The highest BCUT2D eigenvalue weighted by molar-refractivity contribution is 5.72. The van der Waals surface area contributed by atoms with Crippen LogP contribution in [-0.2, 0) is 9.53 Å². The summed E-state index contributed by atoms with van der Waals surface area (Å²) in [7, 11) is 0. The van der Waals surface area contributed by atoms with Crippen molar-refractivity contribution >= 4 is 12.0 Å². The normalized spacial score (nSPS) is 20.9. The van der Waals surface area contributed by atoms with Crippen LogP contribution < -0.4 is 0 Å². The summed E-state index contributed by atoms with van der Waals surface area (Å²) in [5.41, 5.74) is 0.927. The summed E-state index contributed by atoms with van der Waals surface area (Å²) in [6, 6.07) is 6.22. The second kappa shape index (κ2) is 4.26. The Bertz CT molecular complexity index is 381. The molecule has 0 saturated carbocycles. The maximum absolute atomic E-state index is 12.6. The van der Waals surface area contributed by atoms with Crippen molar-refractivity contribution in [1.82, 2.24) is 0 Å². The Hall–Kier alpha value is -1.64. The fourth-order valence-electron chi connectivity index (χ4n) is 1.48. The molecule has 1 saturated heterocycles. The molecule has 1 heterocycles. The van der Waals surface area contributed by atoms with Crippen LogP contribution in [0.2, 0.25) is 0 Å². The Balaban J connectivity index is 1.99. The highest BCUT2D eigenvalue weighted by Crippen LogP contribution is 2.16. The maximum Gasteiger partial charge on any atom is 0.306 e. The highest BCUT2D eigenvalue weighted by Gasteiger charge is 2.20. The molecule has 2 nitrogen and oxygen atoms in total. The van der Waals surface area contributed by atoms with Crippen molar-refractivity contribution in [3.63, 3.8) is 0 Å². The van der Waals surface area contributed by atoms with Gasteiger partial charge >= 0.3 is 5.97 Å². The molecule has 0 radical (unpaired) electrons. The zero-order chi connectivity index (χ0) is 10.7. The first kappa shape index (κ1) is 9.90. The topological polar surface area (TPSA) is 26.3 Å². The monoisotopic (exact) mass is 206 g/mol. The molecule has 0 amide bonds. The number of cyclic esters (lactones) is 1. The van der Waals surface area contributed by atoms with Gasteiger partial charge in [-0.25, -0.2) is 4.39 Å². The number of ether oxygens (including phenoxy) is 1. The fourth-order valence-corrected chi connectivity index (χ4v) is 1.48. The molecule has 2 rings (SSSR count). The van der Waals surface area contributed by atoms with Crippen molar-refractivity contribution < 1.29 is 13.9 Å². The number of hydrogen-bond donors (Lipinski definition) is 0. The summed E-state index contributed by atoms with van der Waals surface area (Å²) in [5.74, 6) is -0.238. The highest BCUT2D eigenvalue weighted by atomic mass is 19.1. The van der Waals surface area contributed by atoms with E-state index in [1.807, 2.05) is 12.2 Å². The van der Waals surface area contributed by atoms with Crippen molar-refractivity contribution in [2.75, 3.05) is 6.61 Å². The quantitative estimate of drug-likeness (QED) is 0.694. The van der Waals surface area contributed by atoms with Crippen LogP contribution in [0.25, 0.3) is 6.08 Å². The van der Waals surface area contributed by atoms with Crippen molar-refractivity contribution in [3.05, 3.63) is 41.7 Å². The Morgan fingerprint density at radius 2 is 2.07 bits per heavy atom. The summed E-state index contributed by atoms with van der Waals surface area (Å²) in [6.07, 6.45) is 4.25. The predicted octanol–water partition coefficient (Wildman–Crippen LogP) is 2.40. The second-order valence-corrected chi connectivity index (χ2v) is 3.56. The number of carbonyl (C=O) groups excluding carboxylic acids is 1. The van der Waals surface area contributed by atoms with Gasteiger partial charge in [-0.15, -0.1) is 0 Å². The molecular weight excluding hydrogens is 195 g/mol. The first-order valence-corrected chi connectivity index (χ1v) is 4.83. The standard InChI is InChI=1S/C12H11FO2/c13-11-5-3-9(4-6-11)1-2-10-7-12(14)15-8-10/h1-6,10H,7-8H2/b2-1+/t10-/m0/s1. The Morgan fingerprint density at radius 1 is 1.33 bits per heavy atom. The van der Waals surface area contributed by atoms with Gasteiger partial charge in [0.15, 0.2) is 0 Å². The van der Waals surface area contributed by atoms with Crippen molar-refractivity contribution in [1.29, 1.82) is 0 Å². The molecule has 0 unspecified atom stereocenters.